The molecule has 0 saturated carbocycles. The molecule has 0 spiro atoms. The van der Waals surface area contributed by atoms with E-state index in [4.69, 9.17) is 4.42 Å². The number of amides is 1. The predicted octanol–water partition coefficient (Wildman–Crippen LogP) is 3.94. The van der Waals surface area contributed by atoms with Crippen LogP contribution in [0.15, 0.2) is 34.7 Å². The number of piperidine rings is 1. The molecule has 0 atom stereocenters. The van der Waals surface area contributed by atoms with Crippen molar-refractivity contribution >= 4 is 11.7 Å². The van der Waals surface area contributed by atoms with E-state index in [2.05, 4.69) is 0 Å². The van der Waals surface area contributed by atoms with Crippen LogP contribution in [0, 0.1) is 26.7 Å². The Morgan fingerprint density at radius 1 is 1.00 bits per heavy atom. The molecule has 0 unspecified atom stereocenters. The first-order valence-corrected chi connectivity index (χ1v) is 8.44. The molecule has 3 rings (SSSR count). The average molecular weight is 325 g/mol. The normalized spacial score (nSPS) is 15.5. The van der Waals surface area contributed by atoms with E-state index in [-0.39, 0.29) is 17.6 Å². The number of hydrogen-bond acceptors (Lipinski definition) is 3. The maximum absolute atomic E-state index is 12.8. The molecule has 0 aliphatic carbocycles. The monoisotopic (exact) mass is 325 g/mol. The number of furan rings is 1. The summed E-state index contributed by atoms with van der Waals surface area (Å²) in [6.07, 6.45) is 1.43. The fourth-order valence-corrected chi connectivity index (χ4v) is 3.45. The summed E-state index contributed by atoms with van der Waals surface area (Å²) in [5.74, 6) is 1.69. The Balaban J connectivity index is 1.67. The van der Waals surface area contributed by atoms with Gasteiger partial charge >= 0.3 is 0 Å². The summed E-state index contributed by atoms with van der Waals surface area (Å²) in [4.78, 5) is 27.2. The highest BCUT2D eigenvalue weighted by molar-refractivity contribution is 5.99. The number of nitrogens with zero attached hydrogens (tertiary/aromatic N) is 1. The van der Waals surface area contributed by atoms with Crippen LogP contribution in [0.1, 0.15) is 50.6 Å². The van der Waals surface area contributed by atoms with Gasteiger partial charge < -0.3 is 9.32 Å². The average Bonchev–Trinajstić information content (AvgIpc) is 2.87. The zero-order valence-corrected chi connectivity index (χ0v) is 14.5. The standard InChI is InChI=1S/C20H23NO3/c1-13-14(2)24-15(3)18(13)20(23)21-11-9-17(10-12-21)19(22)16-7-5-4-6-8-16/h4-8,17H,9-12H2,1-3H3. The van der Waals surface area contributed by atoms with Gasteiger partial charge in [-0.05, 0) is 33.6 Å². The van der Waals surface area contributed by atoms with Crippen molar-refractivity contribution in [2.45, 2.75) is 33.6 Å². The predicted molar refractivity (Wildman–Crippen MR) is 92.3 cm³/mol. The van der Waals surface area contributed by atoms with Crippen LogP contribution < -0.4 is 0 Å². The van der Waals surface area contributed by atoms with Crippen molar-refractivity contribution in [1.29, 1.82) is 0 Å². The molecule has 0 bridgehead atoms. The summed E-state index contributed by atoms with van der Waals surface area (Å²) in [7, 11) is 0. The summed E-state index contributed by atoms with van der Waals surface area (Å²) < 4.78 is 5.57. The molecular weight excluding hydrogens is 302 g/mol. The summed E-state index contributed by atoms with van der Waals surface area (Å²) >= 11 is 0. The number of ketones is 1. The second-order valence-corrected chi connectivity index (χ2v) is 6.51. The zero-order valence-electron chi connectivity index (χ0n) is 14.5. The lowest BCUT2D eigenvalue weighted by Crippen LogP contribution is -2.40. The van der Waals surface area contributed by atoms with Crippen LogP contribution >= 0.6 is 0 Å². The van der Waals surface area contributed by atoms with Crippen molar-refractivity contribution in [3.8, 4) is 0 Å². The van der Waals surface area contributed by atoms with Crippen LogP contribution in [0.4, 0.5) is 0 Å². The molecule has 1 aliphatic rings. The summed E-state index contributed by atoms with van der Waals surface area (Å²) in [5, 5.41) is 0. The van der Waals surface area contributed by atoms with Gasteiger partial charge in [0.15, 0.2) is 5.78 Å². The molecule has 126 valence electrons. The van der Waals surface area contributed by atoms with E-state index in [0.717, 1.165) is 16.9 Å². The Morgan fingerprint density at radius 3 is 2.17 bits per heavy atom. The second kappa shape index (κ2) is 6.63. The third-order valence-corrected chi connectivity index (χ3v) is 4.99. The number of likely N-dealkylation sites (tertiary alicyclic amines) is 1. The molecule has 2 aromatic rings. The van der Waals surface area contributed by atoms with Gasteiger partial charge in [0.2, 0.25) is 0 Å². The minimum absolute atomic E-state index is 0.00438. The molecular formula is C20H23NO3. The van der Waals surface area contributed by atoms with Crippen LogP contribution in [-0.2, 0) is 0 Å². The Bertz CT molecular complexity index is 753. The summed E-state index contributed by atoms with van der Waals surface area (Å²) in [6, 6.07) is 9.41. The SMILES string of the molecule is Cc1oc(C)c(C(=O)N2CCC(C(=O)c3ccccc3)CC2)c1C. The largest absolute Gasteiger partial charge is 0.466 e. The van der Waals surface area contributed by atoms with E-state index in [9.17, 15) is 9.59 Å². The first-order chi connectivity index (χ1) is 11.5. The van der Waals surface area contributed by atoms with Crippen LogP contribution in [0.25, 0.3) is 0 Å². The van der Waals surface area contributed by atoms with E-state index in [1.807, 2.05) is 56.0 Å². The van der Waals surface area contributed by atoms with Gasteiger partial charge in [-0.2, -0.15) is 0 Å². The lowest BCUT2D eigenvalue weighted by molar-refractivity contribution is 0.0648. The third kappa shape index (κ3) is 3.01. The molecule has 1 aliphatic heterocycles. The van der Waals surface area contributed by atoms with Gasteiger partial charge in [0.25, 0.3) is 5.91 Å². The summed E-state index contributed by atoms with van der Waals surface area (Å²) in [6.45, 7) is 6.86. The molecule has 0 radical (unpaired) electrons. The van der Waals surface area contributed by atoms with E-state index in [1.165, 1.54) is 0 Å². The first-order valence-electron chi connectivity index (χ1n) is 8.44. The Hall–Kier alpha value is -2.36. The van der Waals surface area contributed by atoms with Gasteiger partial charge in [-0.15, -0.1) is 0 Å². The smallest absolute Gasteiger partial charge is 0.257 e. The van der Waals surface area contributed by atoms with Gasteiger partial charge in [-0.3, -0.25) is 9.59 Å². The zero-order chi connectivity index (χ0) is 17.3. The molecule has 4 heteroatoms. The highest BCUT2D eigenvalue weighted by Crippen LogP contribution is 2.26. The molecule has 1 fully saturated rings. The minimum Gasteiger partial charge on any atom is -0.466 e. The van der Waals surface area contributed by atoms with Crippen molar-refractivity contribution in [3.05, 3.63) is 58.5 Å². The van der Waals surface area contributed by atoms with Crippen molar-refractivity contribution in [2.24, 2.45) is 5.92 Å². The van der Waals surface area contributed by atoms with Gasteiger partial charge in [-0.25, -0.2) is 0 Å². The first kappa shape index (κ1) is 16.5. The number of Topliss-reactive ketones (excluding diaryl/α,β-unsaturated/α-hetero) is 1. The van der Waals surface area contributed by atoms with Gasteiger partial charge in [0.05, 0.1) is 5.56 Å². The van der Waals surface area contributed by atoms with Crippen LogP contribution in [-0.4, -0.2) is 29.7 Å². The third-order valence-electron chi connectivity index (χ3n) is 4.99. The van der Waals surface area contributed by atoms with E-state index in [0.29, 0.717) is 37.3 Å². The Morgan fingerprint density at radius 2 is 1.62 bits per heavy atom. The fraction of sp³-hybridized carbons (Fsp3) is 0.400. The van der Waals surface area contributed by atoms with Crippen molar-refractivity contribution in [3.63, 3.8) is 0 Å². The lowest BCUT2D eigenvalue weighted by atomic mass is 9.88. The lowest BCUT2D eigenvalue weighted by Gasteiger charge is -2.31. The second-order valence-electron chi connectivity index (χ2n) is 6.51. The Labute approximate surface area is 142 Å². The number of carbonyl (C=O) groups is 2. The molecule has 1 aromatic heterocycles. The fourth-order valence-electron chi connectivity index (χ4n) is 3.45. The van der Waals surface area contributed by atoms with Gasteiger partial charge in [0, 0.05) is 30.1 Å². The molecule has 1 amide bonds. The molecule has 1 saturated heterocycles. The molecule has 24 heavy (non-hydrogen) atoms. The summed E-state index contributed by atoms with van der Waals surface area (Å²) in [5.41, 5.74) is 2.36. The molecule has 4 nitrogen and oxygen atoms in total. The number of aryl methyl sites for hydroxylation is 2. The van der Waals surface area contributed by atoms with Crippen LogP contribution in [0.5, 0.6) is 0 Å². The highest BCUT2D eigenvalue weighted by Gasteiger charge is 2.30. The van der Waals surface area contributed by atoms with Crippen LogP contribution in [0.3, 0.4) is 0 Å². The quantitative estimate of drug-likeness (QED) is 0.803. The maximum atomic E-state index is 12.8. The molecule has 2 heterocycles. The van der Waals surface area contributed by atoms with Crippen molar-refractivity contribution < 1.29 is 14.0 Å². The minimum atomic E-state index is 0.00438. The molecule has 0 N–H and O–H groups in total. The number of rotatable bonds is 3. The number of benzene rings is 1. The van der Waals surface area contributed by atoms with Gasteiger partial charge in [-0.1, -0.05) is 30.3 Å². The molecule has 1 aromatic carbocycles. The number of hydrogen-bond donors (Lipinski definition) is 0. The number of carbonyl (C=O) groups excluding carboxylic acids is 2. The van der Waals surface area contributed by atoms with Crippen molar-refractivity contribution in [2.75, 3.05) is 13.1 Å². The van der Waals surface area contributed by atoms with E-state index < -0.39 is 0 Å². The van der Waals surface area contributed by atoms with Crippen molar-refractivity contribution in [1.82, 2.24) is 4.90 Å². The Kier molecular flexibility index (Phi) is 4.56. The van der Waals surface area contributed by atoms with Crippen LogP contribution in [0.2, 0.25) is 0 Å². The van der Waals surface area contributed by atoms with E-state index in [1.54, 1.807) is 0 Å². The topological polar surface area (TPSA) is 50.5 Å². The highest BCUT2D eigenvalue weighted by atomic mass is 16.3. The maximum Gasteiger partial charge on any atom is 0.257 e. The van der Waals surface area contributed by atoms with E-state index >= 15 is 0 Å². The van der Waals surface area contributed by atoms with Gasteiger partial charge in [0.1, 0.15) is 11.5 Å².